The molecule has 100 valence electrons. The topological polar surface area (TPSA) is 25.8 Å². The summed E-state index contributed by atoms with van der Waals surface area (Å²) in [4.78, 5) is 8.64. The number of nitrogens with zero attached hydrogens (tertiary/aromatic N) is 2. The molecule has 2 aromatic carbocycles. The molecule has 0 unspecified atom stereocenters. The van der Waals surface area contributed by atoms with Crippen molar-refractivity contribution in [3.8, 4) is 11.4 Å². The van der Waals surface area contributed by atoms with E-state index >= 15 is 0 Å². The molecule has 5 heteroatoms. The lowest BCUT2D eigenvalue weighted by molar-refractivity contribution is 0.628. The Kier molecular flexibility index (Phi) is 3.32. The number of rotatable bonds is 1. The highest BCUT2D eigenvalue weighted by molar-refractivity contribution is 6.34. The van der Waals surface area contributed by atoms with Crippen LogP contribution in [0.1, 0.15) is 5.56 Å². The monoisotopic (exact) mass is 306 g/mol. The smallest absolute Gasteiger partial charge is 0.161 e. The van der Waals surface area contributed by atoms with E-state index in [-0.39, 0.29) is 5.02 Å². The van der Waals surface area contributed by atoms with Gasteiger partial charge < -0.3 is 0 Å². The first-order valence-electron chi connectivity index (χ1n) is 5.94. The molecule has 0 saturated heterocycles. The van der Waals surface area contributed by atoms with Crippen molar-refractivity contribution in [2.24, 2.45) is 0 Å². The van der Waals surface area contributed by atoms with Crippen molar-refractivity contribution < 1.29 is 4.39 Å². The van der Waals surface area contributed by atoms with E-state index in [1.807, 2.05) is 25.1 Å². The van der Waals surface area contributed by atoms with Crippen LogP contribution in [0.2, 0.25) is 10.2 Å². The van der Waals surface area contributed by atoms with Crippen LogP contribution in [-0.2, 0) is 0 Å². The number of hydrogen-bond acceptors (Lipinski definition) is 2. The highest BCUT2D eigenvalue weighted by Crippen LogP contribution is 2.27. The predicted octanol–water partition coefficient (Wildman–Crippen LogP) is 5.05. The summed E-state index contributed by atoms with van der Waals surface area (Å²) in [6.45, 7) is 1.97. The third-order valence-corrected chi connectivity index (χ3v) is 3.58. The Morgan fingerprint density at radius 1 is 1.00 bits per heavy atom. The van der Waals surface area contributed by atoms with Gasteiger partial charge in [0.2, 0.25) is 0 Å². The minimum Gasteiger partial charge on any atom is -0.228 e. The van der Waals surface area contributed by atoms with Crippen LogP contribution in [-0.4, -0.2) is 9.97 Å². The second kappa shape index (κ2) is 5.00. The molecule has 3 rings (SSSR count). The first-order chi connectivity index (χ1) is 9.54. The molecule has 0 bridgehead atoms. The van der Waals surface area contributed by atoms with Crippen molar-refractivity contribution in [1.82, 2.24) is 9.97 Å². The molecule has 20 heavy (non-hydrogen) atoms. The van der Waals surface area contributed by atoms with Gasteiger partial charge in [-0.15, -0.1) is 0 Å². The largest absolute Gasteiger partial charge is 0.228 e. The highest BCUT2D eigenvalue weighted by Gasteiger charge is 2.10. The van der Waals surface area contributed by atoms with Gasteiger partial charge in [0.15, 0.2) is 5.82 Å². The molecule has 0 aliphatic carbocycles. The summed E-state index contributed by atoms with van der Waals surface area (Å²) in [6, 6.07) is 10.2. The molecule has 0 aliphatic rings. The van der Waals surface area contributed by atoms with Crippen LogP contribution in [0, 0.1) is 12.7 Å². The highest BCUT2D eigenvalue weighted by atomic mass is 35.5. The van der Waals surface area contributed by atoms with Crippen molar-refractivity contribution in [3.05, 3.63) is 58.0 Å². The number of halogens is 3. The lowest BCUT2D eigenvalue weighted by Crippen LogP contribution is -1.93. The number of hydrogen-bond donors (Lipinski definition) is 0. The maximum atomic E-state index is 13.5. The molecule has 0 aliphatic heterocycles. The van der Waals surface area contributed by atoms with E-state index in [2.05, 4.69) is 9.97 Å². The van der Waals surface area contributed by atoms with Crippen LogP contribution in [0.4, 0.5) is 4.39 Å². The fraction of sp³-hybridized carbons (Fsp3) is 0.0667. The summed E-state index contributed by atoms with van der Waals surface area (Å²) < 4.78 is 13.5. The average Bonchev–Trinajstić information content (AvgIpc) is 2.42. The number of benzene rings is 2. The molecule has 0 saturated carbocycles. The van der Waals surface area contributed by atoms with Crippen molar-refractivity contribution in [2.75, 3.05) is 0 Å². The van der Waals surface area contributed by atoms with Gasteiger partial charge in [-0.05, 0) is 37.3 Å². The lowest BCUT2D eigenvalue weighted by Gasteiger charge is -2.06. The molecular weight excluding hydrogens is 298 g/mol. The Morgan fingerprint density at radius 2 is 1.80 bits per heavy atom. The molecule has 1 aromatic heterocycles. The molecular formula is C15H9Cl2FN2. The van der Waals surface area contributed by atoms with Crippen molar-refractivity contribution in [1.29, 1.82) is 0 Å². The van der Waals surface area contributed by atoms with Crippen LogP contribution in [0.15, 0.2) is 36.4 Å². The third kappa shape index (κ3) is 2.35. The van der Waals surface area contributed by atoms with Gasteiger partial charge in [0, 0.05) is 10.9 Å². The Labute approximate surface area is 125 Å². The Balaban J connectivity index is 2.21. The number of aromatic nitrogens is 2. The summed E-state index contributed by atoms with van der Waals surface area (Å²) in [5, 5.41) is 1.20. The zero-order valence-electron chi connectivity index (χ0n) is 10.5. The summed E-state index contributed by atoms with van der Waals surface area (Å²) >= 11 is 11.9. The van der Waals surface area contributed by atoms with Gasteiger partial charge in [-0.1, -0.05) is 34.8 Å². The van der Waals surface area contributed by atoms with Crippen LogP contribution in [0.3, 0.4) is 0 Å². The van der Waals surface area contributed by atoms with Gasteiger partial charge in [0.05, 0.1) is 10.5 Å². The van der Waals surface area contributed by atoms with Crippen LogP contribution < -0.4 is 0 Å². The van der Waals surface area contributed by atoms with E-state index in [0.29, 0.717) is 16.5 Å². The van der Waals surface area contributed by atoms with Gasteiger partial charge in [-0.2, -0.15) is 0 Å². The SMILES string of the molecule is Cc1ccc2nc(-c3ccc(Cl)c(F)c3)nc(Cl)c2c1. The first-order valence-corrected chi connectivity index (χ1v) is 6.69. The van der Waals surface area contributed by atoms with Gasteiger partial charge in [0.25, 0.3) is 0 Å². The minimum absolute atomic E-state index is 0.0660. The van der Waals surface area contributed by atoms with Crippen LogP contribution >= 0.6 is 23.2 Å². The number of aryl methyl sites for hydroxylation is 1. The van der Waals surface area contributed by atoms with Gasteiger partial charge in [-0.25, -0.2) is 14.4 Å². The zero-order valence-corrected chi connectivity index (χ0v) is 12.0. The summed E-state index contributed by atoms with van der Waals surface area (Å²) in [5.41, 5.74) is 2.34. The molecule has 0 fully saturated rings. The fourth-order valence-corrected chi connectivity index (χ4v) is 2.32. The Hall–Kier alpha value is -1.71. The fourth-order valence-electron chi connectivity index (χ4n) is 1.97. The Morgan fingerprint density at radius 3 is 2.55 bits per heavy atom. The molecule has 0 spiro atoms. The zero-order chi connectivity index (χ0) is 14.3. The number of fused-ring (bicyclic) bond motifs is 1. The summed E-state index contributed by atoms with van der Waals surface area (Å²) in [6.07, 6.45) is 0. The van der Waals surface area contributed by atoms with E-state index in [1.165, 1.54) is 12.1 Å². The molecule has 1 heterocycles. The lowest BCUT2D eigenvalue weighted by atomic mass is 10.1. The van der Waals surface area contributed by atoms with Gasteiger partial charge in [0.1, 0.15) is 11.0 Å². The van der Waals surface area contributed by atoms with Crippen LogP contribution in [0.25, 0.3) is 22.3 Å². The molecule has 0 N–H and O–H groups in total. The van der Waals surface area contributed by atoms with Gasteiger partial charge >= 0.3 is 0 Å². The molecule has 0 atom stereocenters. The first kappa shape index (κ1) is 13.3. The van der Waals surface area contributed by atoms with Crippen LogP contribution in [0.5, 0.6) is 0 Å². The van der Waals surface area contributed by atoms with Crippen molar-refractivity contribution >= 4 is 34.1 Å². The minimum atomic E-state index is -0.507. The predicted molar refractivity (Wildman–Crippen MR) is 79.7 cm³/mol. The van der Waals surface area contributed by atoms with E-state index in [4.69, 9.17) is 23.2 Å². The standard InChI is InChI=1S/C15H9Cl2FN2/c1-8-2-5-13-10(6-8)14(17)20-15(19-13)9-3-4-11(16)12(18)7-9/h2-7H,1H3. The van der Waals surface area contributed by atoms with E-state index < -0.39 is 5.82 Å². The van der Waals surface area contributed by atoms with Crippen molar-refractivity contribution in [2.45, 2.75) is 6.92 Å². The van der Waals surface area contributed by atoms with Crippen molar-refractivity contribution in [3.63, 3.8) is 0 Å². The normalized spacial score (nSPS) is 11.0. The third-order valence-electron chi connectivity index (χ3n) is 2.98. The second-order valence-corrected chi connectivity index (χ2v) is 5.25. The molecule has 2 nitrogen and oxygen atoms in total. The molecule has 0 amide bonds. The molecule has 3 aromatic rings. The summed E-state index contributed by atoms with van der Waals surface area (Å²) in [7, 11) is 0. The van der Waals surface area contributed by atoms with E-state index in [0.717, 1.165) is 16.5 Å². The van der Waals surface area contributed by atoms with Gasteiger partial charge in [-0.3, -0.25) is 0 Å². The second-order valence-electron chi connectivity index (χ2n) is 4.49. The van der Waals surface area contributed by atoms with E-state index in [1.54, 1.807) is 6.07 Å². The summed E-state index contributed by atoms with van der Waals surface area (Å²) in [5.74, 6) is -0.130. The maximum absolute atomic E-state index is 13.5. The molecule has 0 radical (unpaired) electrons. The van der Waals surface area contributed by atoms with E-state index in [9.17, 15) is 4.39 Å². The maximum Gasteiger partial charge on any atom is 0.161 e. The quantitative estimate of drug-likeness (QED) is 0.588. The Bertz CT molecular complexity index is 818. The average molecular weight is 307 g/mol.